The minimum Gasteiger partial charge on any atom is -0.439 e. The maximum atomic E-state index is 12.8. The second kappa shape index (κ2) is 9.57. The fraction of sp³-hybridized carbons (Fsp3) is 0.0800. The monoisotopic (exact) mass is 505 g/mol. The smallest absolute Gasteiger partial charge is 0.416 e. The number of carbonyl (C=O) groups is 1. The molecule has 0 saturated carbocycles. The molecule has 186 valence electrons. The minimum atomic E-state index is -4.46. The molecule has 0 saturated heterocycles. The van der Waals surface area contributed by atoms with E-state index >= 15 is 0 Å². The Morgan fingerprint density at radius 1 is 0.973 bits per heavy atom. The number of anilines is 2. The highest BCUT2D eigenvalue weighted by Gasteiger charge is 2.30. The first-order chi connectivity index (χ1) is 17.8. The Balaban J connectivity index is 1.39. The van der Waals surface area contributed by atoms with Crippen LogP contribution < -0.4 is 15.8 Å². The third-order valence-electron chi connectivity index (χ3n) is 5.32. The number of alkyl halides is 3. The van der Waals surface area contributed by atoms with Gasteiger partial charge in [0.2, 0.25) is 11.8 Å². The number of nitrogens with one attached hydrogen (secondary N) is 1. The van der Waals surface area contributed by atoms with Gasteiger partial charge in [0.25, 0.3) is 0 Å². The maximum absolute atomic E-state index is 12.8. The average molecular weight is 505 g/mol. The topological polar surface area (TPSA) is 121 Å². The zero-order valence-electron chi connectivity index (χ0n) is 19.0. The Bertz CT molecular complexity index is 1550. The predicted octanol–water partition coefficient (Wildman–Crippen LogP) is 4.92. The molecule has 3 aromatic heterocycles. The molecular formula is C25H18F3N7O2. The Kier molecular flexibility index (Phi) is 6.14. The van der Waals surface area contributed by atoms with Crippen LogP contribution >= 0.6 is 0 Å². The molecule has 0 aliphatic carbocycles. The lowest BCUT2D eigenvalue weighted by Crippen LogP contribution is -2.20. The van der Waals surface area contributed by atoms with Gasteiger partial charge in [-0.05, 0) is 42.5 Å². The van der Waals surface area contributed by atoms with E-state index in [4.69, 9.17) is 10.5 Å². The fourth-order valence-electron chi connectivity index (χ4n) is 3.61. The van der Waals surface area contributed by atoms with Gasteiger partial charge in [-0.1, -0.05) is 18.2 Å². The summed E-state index contributed by atoms with van der Waals surface area (Å²) in [7, 11) is 0. The third kappa shape index (κ3) is 5.17. The molecule has 0 unspecified atom stereocenters. The van der Waals surface area contributed by atoms with Crippen molar-refractivity contribution in [1.29, 1.82) is 0 Å². The predicted molar refractivity (Wildman–Crippen MR) is 130 cm³/mol. The molecule has 1 amide bonds. The van der Waals surface area contributed by atoms with Gasteiger partial charge in [0, 0.05) is 23.5 Å². The van der Waals surface area contributed by atoms with E-state index in [9.17, 15) is 18.0 Å². The molecule has 3 N–H and O–H groups in total. The van der Waals surface area contributed by atoms with E-state index in [1.54, 1.807) is 30.5 Å². The highest BCUT2D eigenvalue weighted by molar-refractivity contribution is 5.99. The van der Waals surface area contributed by atoms with E-state index < -0.39 is 17.6 Å². The fourth-order valence-corrected chi connectivity index (χ4v) is 3.61. The number of ether oxygens (including phenoxy) is 1. The third-order valence-corrected chi connectivity index (χ3v) is 5.32. The second-order valence-corrected chi connectivity index (χ2v) is 7.89. The lowest BCUT2D eigenvalue weighted by Gasteiger charge is -2.09. The number of amides is 1. The van der Waals surface area contributed by atoms with Crippen molar-refractivity contribution in [3.8, 4) is 22.9 Å². The largest absolute Gasteiger partial charge is 0.439 e. The van der Waals surface area contributed by atoms with Crippen LogP contribution in [0.2, 0.25) is 0 Å². The van der Waals surface area contributed by atoms with Gasteiger partial charge in [-0.25, -0.2) is 19.6 Å². The first-order valence-electron chi connectivity index (χ1n) is 10.9. The Labute approximate surface area is 207 Å². The highest BCUT2D eigenvalue weighted by Crippen LogP contribution is 2.32. The second-order valence-electron chi connectivity index (χ2n) is 7.89. The lowest BCUT2D eigenvalue weighted by molar-refractivity contribution is -0.137. The summed E-state index contributed by atoms with van der Waals surface area (Å²) in [6.45, 7) is -0.267. The molecule has 5 aromatic rings. The van der Waals surface area contributed by atoms with Crippen LogP contribution in [0.1, 0.15) is 5.56 Å². The number of nitrogens with two attached hydrogens (primary N) is 1. The zero-order chi connectivity index (χ0) is 26.0. The first kappa shape index (κ1) is 23.7. The molecule has 0 fully saturated rings. The van der Waals surface area contributed by atoms with Crippen LogP contribution in [0.15, 0.2) is 79.3 Å². The number of benzene rings is 2. The standard InChI is InChI=1S/C25H18F3N7O2/c26-25(27,28)16-7-9-17(10-8-16)33-19(36)13-35-24-21(23(29)31-14-32-24)22(34-35)15-6-11-20(30-12-15)37-18-4-2-1-3-5-18/h1-12,14H,13H2,(H,33,36)(H2,29,31,32). The van der Waals surface area contributed by atoms with E-state index in [1.807, 2.05) is 18.2 Å². The SMILES string of the molecule is Nc1ncnc2c1c(-c1ccc(Oc3ccccc3)nc1)nn2CC(=O)Nc1ccc(C(F)(F)F)cc1. The number of aromatic nitrogens is 5. The lowest BCUT2D eigenvalue weighted by atomic mass is 10.1. The number of hydrogen-bond donors (Lipinski definition) is 2. The molecule has 0 bridgehead atoms. The van der Waals surface area contributed by atoms with Crippen LogP contribution in [0.5, 0.6) is 11.6 Å². The quantitative estimate of drug-likeness (QED) is 0.336. The summed E-state index contributed by atoms with van der Waals surface area (Å²) in [6.07, 6.45) is -1.66. The van der Waals surface area contributed by atoms with E-state index in [1.165, 1.54) is 23.1 Å². The van der Waals surface area contributed by atoms with Gasteiger partial charge in [0.15, 0.2) is 5.65 Å². The van der Waals surface area contributed by atoms with Gasteiger partial charge >= 0.3 is 6.18 Å². The number of nitrogen functional groups attached to an aromatic ring is 1. The van der Waals surface area contributed by atoms with Crippen molar-refractivity contribution in [1.82, 2.24) is 24.7 Å². The van der Waals surface area contributed by atoms with Crippen molar-refractivity contribution in [3.05, 3.63) is 84.8 Å². The number of carbonyl (C=O) groups excluding carboxylic acids is 1. The van der Waals surface area contributed by atoms with Crippen LogP contribution in [0, 0.1) is 0 Å². The normalized spacial score (nSPS) is 11.4. The Hall–Kier alpha value is -5.00. The maximum Gasteiger partial charge on any atom is 0.416 e. The van der Waals surface area contributed by atoms with Crippen LogP contribution in [0.3, 0.4) is 0 Å². The van der Waals surface area contributed by atoms with Crippen molar-refractivity contribution in [2.45, 2.75) is 12.7 Å². The van der Waals surface area contributed by atoms with Crippen molar-refractivity contribution >= 4 is 28.4 Å². The summed E-state index contributed by atoms with van der Waals surface area (Å²) in [5, 5.41) is 7.50. The molecule has 0 aliphatic rings. The molecule has 12 heteroatoms. The van der Waals surface area contributed by atoms with E-state index in [0.717, 1.165) is 12.1 Å². The Morgan fingerprint density at radius 3 is 2.41 bits per heavy atom. The number of para-hydroxylation sites is 1. The number of nitrogens with zero attached hydrogens (tertiary/aromatic N) is 5. The molecule has 9 nitrogen and oxygen atoms in total. The van der Waals surface area contributed by atoms with Crippen molar-refractivity contribution in [3.63, 3.8) is 0 Å². The molecule has 3 heterocycles. The summed E-state index contributed by atoms with van der Waals surface area (Å²) in [6, 6.07) is 16.7. The van der Waals surface area contributed by atoms with Crippen LogP contribution in [0.4, 0.5) is 24.7 Å². The summed E-state index contributed by atoms with van der Waals surface area (Å²) in [5.74, 6) is 0.657. The number of halogens is 3. The first-order valence-corrected chi connectivity index (χ1v) is 10.9. The van der Waals surface area contributed by atoms with Gasteiger partial charge in [0.1, 0.15) is 30.1 Å². The minimum absolute atomic E-state index is 0.166. The van der Waals surface area contributed by atoms with E-state index in [-0.39, 0.29) is 18.1 Å². The van der Waals surface area contributed by atoms with Crippen molar-refractivity contribution in [2.75, 3.05) is 11.1 Å². The Morgan fingerprint density at radius 2 is 1.73 bits per heavy atom. The molecule has 0 radical (unpaired) electrons. The van der Waals surface area contributed by atoms with Crippen LogP contribution in [0.25, 0.3) is 22.3 Å². The summed E-state index contributed by atoms with van der Waals surface area (Å²) in [5.41, 5.74) is 6.82. The van der Waals surface area contributed by atoms with Crippen LogP contribution in [-0.2, 0) is 17.5 Å². The van der Waals surface area contributed by atoms with Gasteiger partial charge < -0.3 is 15.8 Å². The van der Waals surface area contributed by atoms with Gasteiger partial charge in [-0.2, -0.15) is 18.3 Å². The van der Waals surface area contributed by atoms with Gasteiger partial charge in [-0.15, -0.1) is 0 Å². The van der Waals surface area contributed by atoms with Gasteiger partial charge in [-0.3, -0.25) is 4.79 Å². The summed E-state index contributed by atoms with van der Waals surface area (Å²) < 4.78 is 45.4. The molecule has 0 atom stereocenters. The molecule has 2 aromatic carbocycles. The van der Waals surface area contributed by atoms with Gasteiger partial charge in [0.05, 0.1) is 10.9 Å². The molecule has 5 rings (SSSR count). The van der Waals surface area contributed by atoms with Crippen molar-refractivity contribution < 1.29 is 22.7 Å². The molecule has 37 heavy (non-hydrogen) atoms. The number of rotatable bonds is 6. The molecule has 0 aliphatic heterocycles. The van der Waals surface area contributed by atoms with E-state index in [0.29, 0.717) is 33.9 Å². The summed E-state index contributed by atoms with van der Waals surface area (Å²) in [4.78, 5) is 25.2. The molecular weight excluding hydrogens is 487 g/mol. The number of pyridine rings is 1. The average Bonchev–Trinajstić information content (AvgIpc) is 3.24. The number of fused-ring (bicyclic) bond motifs is 1. The highest BCUT2D eigenvalue weighted by atomic mass is 19.4. The van der Waals surface area contributed by atoms with E-state index in [2.05, 4.69) is 25.4 Å². The van der Waals surface area contributed by atoms with Crippen LogP contribution in [-0.4, -0.2) is 30.6 Å². The zero-order valence-corrected chi connectivity index (χ0v) is 19.0. The van der Waals surface area contributed by atoms with Crippen molar-refractivity contribution in [2.24, 2.45) is 0 Å². The molecule has 0 spiro atoms. The number of hydrogen-bond acceptors (Lipinski definition) is 7. The summed E-state index contributed by atoms with van der Waals surface area (Å²) >= 11 is 0.